The van der Waals surface area contributed by atoms with Crippen molar-refractivity contribution < 1.29 is 9.30 Å². The van der Waals surface area contributed by atoms with Crippen molar-refractivity contribution in [2.24, 2.45) is 5.92 Å². The molecule has 338 valence electrons. The number of rotatable bonds is 9. The van der Waals surface area contributed by atoms with Crippen LogP contribution < -0.4 is 9.30 Å². The van der Waals surface area contributed by atoms with Gasteiger partial charge in [-0.2, -0.15) is 0 Å². The minimum Gasteiger partial charge on any atom is -0.458 e. The molecule has 5 heterocycles. The van der Waals surface area contributed by atoms with Crippen LogP contribution in [0.4, 0.5) is 0 Å². The smallest absolute Gasteiger partial charge is 0.269 e. The summed E-state index contributed by atoms with van der Waals surface area (Å²) in [6, 6.07) is 73.2. The fourth-order valence-corrected chi connectivity index (χ4v) is 12.2. The van der Waals surface area contributed by atoms with Crippen LogP contribution in [0.3, 0.4) is 0 Å². The highest BCUT2D eigenvalue weighted by Gasteiger charge is 2.25. The quantitative estimate of drug-likeness (QED) is 0.107. The summed E-state index contributed by atoms with van der Waals surface area (Å²) in [6.07, 6.45) is 6.63. The summed E-state index contributed by atoms with van der Waals surface area (Å²) < 4.78 is 18.4. The van der Waals surface area contributed by atoms with Crippen LogP contribution in [-0.2, 0) is 6.42 Å². The van der Waals surface area contributed by atoms with Crippen LogP contribution in [0, 0.1) is 12.2 Å². The molecule has 0 spiro atoms. The molecule has 0 aliphatic rings. The average molecular weight is 933 g/mol. The van der Waals surface area contributed by atoms with Crippen LogP contribution in [0.2, 0.25) is 0 Å². The summed E-state index contributed by atoms with van der Waals surface area (Å²) in [5.41, 5.74) is 14.8. The Labute approximate surface area is 413 Å². The van der Waals surface area contributed by atoms with Crippen molar-refractivity contribution in [2.75, 3.05) is 0 Å². The number of para-hydroxylation sites is 7. The zero-order chi connectivity index (χ0) is 47.2. The topological polar surface area (TPSA) is 53.7 Å². The molecule has 7 nitrogen and oxygen atoms in total. The zero-order valence-electron chi connectivity index (χ0n) is 39.0. The van der Waals surface area contributed by atoms with Gasteiger partial charge >= 0.3 is 0 Å². The molecule has 5 aromatic heterocycles. The molecule has 9 aromatic carbocycles. The number of benzene rings is 9. The zero-order valence-corrected chi connectivity index (χ0v) is 39.8. The predicted octanol–water partition coefficient (Wildman–Crippen LogP) is 15.7. The van der Waals surface area contributed by atoms with Crippen LogP contribution in [0.1, 0.15) is 19.4 Å². The Kier molecular flexibility index (Phi) is 9.50. The number of imidazole rings is 1. The third-order valence-electron chi connectivity index (χ3n) is 13.8. The number of ether oxygens (including phenoxy) is 1. The monoisotopic (exact) mass is 932 g/mol. The predicted molar refractivity (Wildman–Crippen MR) is 291 cm³/mol. The van der Waals surface area contributed by atoms with Crippen molar-refractivity contribution in [3.63, 3.8) is 0 Å². The molecule has 0 bridgehead atoms. The van der Waals surface area contributed by atoms with E-state index in [4.69, 9.17) is 14.7 Å². The van der Waals surface area contributed by atoms with Gasteiger partial charge < -0.3 is 13.9 Å². The number of hydrogen-bond donors (Lipinski definition) is 0. The Morgan fingerprint density at radius 3 is 1.69 bits per heavy atom. The molecule has 0 atom stereocenters. The maximum absolute atomic E-state index is 6.76. The average Bonchev–Trinajstić information content (AvgIpc) is 4.17. The Morgan fingerprint density at radius 1 is 0.521 bits per heavy atom. The van der Waals surface area contributed by atoms with Gasteiger partial charge in [-0.25, -0.2) is 9.97 Å². The van der Waals surface area contributed by atoms with Crippen LogP contribution in [0.15, 0.2) is 213 Å². The lowest BCUT2D eigenvalue weighted by atomic mass is 10.0. The van der Waals surface area contributed by atoms with Gasteiger partial charge in [-0.05, 0) is 84.6 Å². The Morgan fingerprint density at radius 2 is 1.06 bits per heavy atom. The molecule has 0 N–H and O–H groups in total. The molecule has 0 aliphatic heterocycles. The minimum atomic E-state index is 0.554. The summed E-state index contributed by atoms with van der Waals surface area (Å²) in [5.74, 6) is 1.99. The molecular weight excluding hydrogens is 889 g/mol. The molecule has 0 amide bonds. The van der Waals surface area contributed by atoms with Crippen molar-refractivity contribution in [3.8, 4) is 45.5 Å². The SMILES string of the molecule is CC(C)Cc1cccc2c1sc1c(-c3cccc(Oc4cccc(-n5[c-][n+](-c6c(-n7c8ccccc8c8ccccc87)cccc6-n6c7ccccc7c7ccccc76)c6ccccc65)c4)c3)ncnc12. The lowest BCUT2D eigenvalue weighted by molar-refractivity contribution is -0.571. The van der Waals surface area contributed by atoms with Crippen molar-refractivity contribution in [1.29, 1.82) is 0 Å². The standard InChI is InChI=1S/C63H44N6OS/c1-40(2)35-42-18-14-26-50-60-63(71-62(42)50)59(64-38-65-60)41-17-13-20-44(36-41)70-45-21-15-19-43(37-45)66-39-67(56-32-12-11-31-55(56)66)61-57(68-51-27-7-3-22-46(51)47-23-4-8-28-52(47)68)33-16-34-58(61)69-53-29-9-5-24-48(53)49-25-6-10-30-54(49)69/h3-34,36-38,40H,35H2,1-2H3. The van der Waals surface area contributed by atoms with Gasteiger partial charge in [0.05, 0.1) is 66.1 Å². The second-order valence-corrected chi connectivity index (χ2v) is 19.7. The fourth-order valence-electron chi connectivity index (χ4n) is 10.9. The number of thiophene rings is 1. The first-order valence-corrected chi connectivity index (χ1v) is 25.0. The number of fused-ring (bicyclic) bond motifs is 10. The maximum Gasteiger partial charge on any atom is 0.269 e. The van der Waals surface area contributed by atoms with Crippen LogP contribution >= 0.6 is 11.3 Å². The lowest BCUT2D eigenvalue weighted by Crippen LogP contribution is -2.33. The Balaban J connectivity index is 0.927. The largest absolute Gasteiger partial charge is 0.458 e. The highest BCUT2D eigenvalue weighted by molar-refractivity contribution is 7.26. The molecule has 0 saturated carbocycles. The van der Waals surface area contributed by atoms with E-state index in [0.29, 0.717) is 11.7 Å². The summed E-state index contributed by atoms with van der Waals surface area (Å²) in [4.78, 5) is 9.65. The molecule has 0 radical (unpaired) electrons. The first-order chi connectivity index (χ1) is 35.1. The second kappa shape index (κ2) is 16.4. The third kappa shape index (κ3) is 6.59. The van der Waals surface area contributed by atoms with E-state index in [1.807, 2.05) is 18.2 Å². The van der Waals surface area contributed by atoms with Gasteiger partial charge in [0.25, 0.3) is 6.33 Å². The summed E-state index contributed by atoms with van der Waals surface area (Å²) in [6.45, 7) is 4.54. The lowest BCUT2D eigenvalue weighted by Gasteiger charge is -2.20. The van der Waals surface area contributed by atoms with E-state index in [2.05, 4.69) is 227 Å². The first kappa shape index (κ1) is 41.2. The van der Waals surface area contributed by atoms with Crippen molar-refractivity contribution in [1.82, 2.24) is 23.7 Å². The van der Waals surface area contributed by atoms with E-state index in [1.54, 1.807) is 17.7 Å². The van der Waals surface area contributed by atoms with Crippen molar-refractivity contribution in [2.45, 2.75) is 20.3 Å². The molecule has 71 heavy (non-hydrogen) atoms. The molecule has 0 fully saturated rings. The Bertz CT molecular complexity index is 4180. The molecule has 8 heteroatoms. The van der Waals surface area contributed by atoms with Gasteiger partial charge in [-0.3, -0.25) is 9.13 Å². The van der Waals surface area contributed by atoms with E-state index in [1.165, 1.54) is 37.2 Å². The van der Waals surface area contributed by atoms with Crippen LogP contribution in [-0.4, -0.2) is 23.7 Å². The molecule has 0 saturated heterocycles. The van der Waals surface area contributed by atoms with Gasteiger partial charge in [0.2, 0.25) is 0 Å². The third-order valence-corrected chi connectivity index (χ3v) is 15.1. The van der Waals surface area contributed by atoms with Crippen LogP contribution in [0.5, 0.6) is 11.5 Å². The van der Waals surface area contributed by atoms with E-state index < -0.39 is 0 Å². The minimum absolute atomic E-state index is 0.554. The second-order valence-electron chi connectivity index (χ2n) is 18.7. The summed E-state index contributed by atoms with van der Waals surface area (Å²) in [7, 11) is 0. The van der Waals surface area contributed by atoms with Gasteiger partial charge in [-0.1, -0.05) is 153 Å². The van der Waals surface area contributed by atoms with Gasteiger partial charge in [0.1, 0.15) is 23.5 Å². The van der Waals surface area contributed by atoms with Gasteiger partial charge in [0, 0.05) is 37.2 Å². The van der Waals surface area contributed by atoms with Gasteiger partial charge in [0.15, 0.2) is 0 Å². The van der Waals surface area contributed by atoms with E-state index in [9.17, 15) is 0 Å². The molecule has 14 rings (SSSR count). The molecule has 14 aromatic rings. The molecular formula is C63H44N6OS. The Hall–Kier alpha value is -8.85. The molecule has 0 unspecified atom stereocenters. The number of hydrogen-bond acceptors (Lipinski definition) is 4. The van der Waals surface area contributed by atoms with Crippen molar-refractivity contribution >= 4 is 86.3 Å². The number of nitrogens with zero attached hydrogens (tertiary/aromatic N) is 6. The highest BCUT2D eigenvalue weighted by Crippen LogP contribution is 2.42. The van der Waals surface area contributed by atoms with E-state index >= 15 is 0 Å². The van der Waals surface area contributed by atoms with Crippen LogP contribution in [0.25, 0.3) is 109 Å². The normalized spacial score (nSPS) is 12.0. The highest BCUT2D eigenvalue weighted by atomic mass is 32.1. The first-order valence-electron chi connectivity index (χ1n) is 24.1. The summed E-state index contributed by atoms with van der Waals surface area (Å²) in [5, 5.41) is 6.00. The summed E-state index contributed by atoms with van der Waals surface area (Å²) >= 11 is 1.79. The van der Waals surface area contributed by atoms with E-state index in [-0.39, 0.29) is 0 Å². The molecule has 0 aliphatic carbocycles. The maximum atomic E-state index is 6.76. The van der Waals surface area contributed by atoms with Gasteiger partial charge in [-0.15, -0.1) is 11.3 Å². The van der Waals surface area contributed by atoms with Crippen molar-refractivity contribution in [3.05, 3.63) is 224 Å². The number of aromatic nitrogens is 6. The van der Waals surface area contributed by atoms with E-state index in [0.717, 1.165) is 89.5 Å². The fraction of sp³-hybridized carbons (Fsp3) is 0.0635.